The van der Waals surface area contributed by atoms with Crippen molar-refractivity contribution in [1.29, 1.82) is 0 Å². The van der Waals surface area contributed by atoms with Crippen LogP contribution in [0.2, 0.25) is 0 Å². The summed E-state index contributed by atoms with van der Waals surface area (Å²) in [5, 5.41) is 0. The van der Waals surface area contributed by atoms with Gasteiger partial charge in [0.05, 0.1) is 6.10 Å². The zero-order chi connectivity index (χ0) is 16.0. The fourth-order valence-electron chi connectivity index (χ4n) is 3.13. The lowest BCUT2D eigenvalue weighted by atomic mass is 10.2. The summed E-state index contributed by atoms with van der Waals surface area (Å²) in [6, 6.07) is 0. The minimum absolute atomic E-state index is 0.343. The highest BCUT2D eigenvalue weighted by molar-refractivity contribution is 7.86. The van der Waals surface area contributed by atoms with Gasteiger partial charge in [-0.3, -0.25) is 4.90 Å². The predicted octanol–water partition coefficient (Wildman–Crippen LogP) is 1.15. The molecule has 0 radical (unpaired) electrons. The molecule has 0 N–H and O–H groups in total. The van der Waals surface area contributed by atoms with Crippen LogP contribution in [0.1, 0.15) is 39.0 Å². The van der Waals surface area contributed by atoms with E-state index in [1.54, 1.807) is 11.4 Å². The Balaban J connectivity index is 1.85. The maximum absolute atomic E-state index is 12.6. The number of hydrogen-bond acceptors (Lipinski definition) is 4. The second kappa shape index (κ2) is 8.59. The first-order valence-corrected chi connectivity index (χ1v) is 9.99. The minimum Gasteiger partial charge on any atom is -0.377 e. The van der Waals surface area contributed by atoms with E-state index in [1.165, 1.54) is 4.31 Å². The molecule has 0 spiro atoms. The molecule has 2 rings (SSSR count). The minimum atomic E-state index is -3.30. The fraction of sp³-hybridized carbons (Fsp3) is 1.00. The summed E-state index contributed by atoms with van der Waals surface area (Å²) < 4.78 is 34.1. The maximum atomic E-state index is 12.6. The highest BCUT2D eigenvalue weighted by Crippen LogP contribution is 2.16. The SMILES string of the molecule is CCCCN(C)S(=O)(=O)N1CCCN(C[C@H]2CCCO2)CC1. The van der Waals surface area contributed by atoms with Crippen molar-refractivity contribution in [2.24, 2.45) is 0 Å². The molecular formula is C15H31N3O3S. The molecule has 0 amide bonds. The lowest BCUT2D eigenvalue weighted by molar-refractivity contribution is 0.0749. The number of nitrogens with zero attached hydrogens (tertiary/aromatic N) is 3. The van der Waals surface area contributed by atoms with Gasteiger partial charge in [-0.05, 0) is 32.2 Å². The molecule has 0 aromatic carbocycles. The normalized spacial score (nSPS) is 25.7. The molecule has 6 nitrogen and oxygen atoms in total. The highest BCUT2D eigenvalue weighted by atomic mass is 32.2. The number of ether oxygens (including phenoxy) is 1. The second-order valence-corrected chi connectivity index (χ2v) is 8.41. The van der Waals surface area contributed by atoms with Gasteiger partial charge in [-0.2, -0.15) is 17.0 Å². The molecule has 0 aromatic rings. The summed E-state index contributed by atoms with van der Waals surface area (Å²) in [4.78, 5) is 2.36. The quantitative estimate of drug-likeness (QED) is 0.701. The molecule has 2 saturated heterocycles. The van der Waals surface area contributed by atoms with E-state index in [0.29, 0.717) is 25.7 Å². The molecule has 1 atom stereocenters. The van der Waals surface area contributed by atoms with Crippen molar-refractivity contribution in [2.75, 3.05) is 52.9 Å². The number of hydrogen-bond donors (Lipinski definition) is 0. The molecule has 2 heterocycles. The van der Waals surface area contributed by atoms with E-state index in [9.17, 15) is 8.42 Å². The van der Waals surface area contributed by atoms with Crippen molar-refractivity contribution in [3.05, 3.63) is 0 Å². The van der Waals surface area contributed by atoms with Gasteiger partial charge >= 0.3 is 0 Å². The monoisotopic (exact) mass is 333 g/mol. The van der Waals surface area contributed by atoms with Crippen molar-refractivity contribution in [1.82, 2.24) is 13.5 Å². The lowest BCUT2D eigenvalue weighted by Crippen LogP contribution is -2.44. The van der Waals surface area contributed by atoms with Crippen LogP contribution in [0.4, 0.5) is 0 Å². The standard InChI is InChI=1S/C15H31N3O3S/c1-3-4-8-16(2)22(19,20)18-10-6-9-17(11-12-18)14-15-7-5-13-21-15/h15H,3-14H2,1-2H3/t15-/m1/s1. The average molecular weight is 333 g/mol. The van der Waals surface area contributed by atoms with E-state index >= 15 is 0 Å². The third kappa shape index (κ3) is 4.89. The van der Waals surface area contributed by atoms with Crippen LogP contribution in [0.5, 0.6) is 0 Å². The van der Waals surface area contributed by atoms with Gasteiger partial charge in [-0.25, -0.2) is 0 Å². The predicted molar refractivity (Wildman–Crippen MR) is 88.1 cm³/mol. The van der Waals surface area contributed by atoms with Crippen LogP contribution in [-0.4, -0.2) is 81.0 Å². The topological polar surface area (TPSA) is 53.1 Å². The Bertz CT molecular complexity index is 424. The van der Waals surface area contributed by atoms with Crippen molar-refractivity contribution in [3.8, 4) is 0 Å². The van der Waals surface area contributed by atoms with E-state index in [0.717, 1.165) is 58.3 Å². The molecule has 0 bridgehead atoms. The highest BCUT2D eigenvalue weighted by Gasteiger charge is 2.29. The Kier molecular flexibility index (Phi) is 7.08. The summed E-state index contributed by atoms with van der Waals surface area (Å²) in [5.74, 6) is 0. The zero-order valence-corrected chi connectivity index (χ0v) is 14.9. The van der Waals surface area contributed by atoms with Crippen LogP contribution in [-0.2, 0) is 14.9 Å². The van der Waals surface area contributed by atoms with Crippen LogP contribution in [0.25, 0.3) is 0 Å². The maximum Gasteiger partial charge on any atom is 0.281 e. The molecule has 2 fully saturated rings. The van der Waals surface area contributed by atoms with Crippen LogP contribution in [0.3, 0.4) is 0 Å². The van der Waals surface area contributed by atoms with E-state index in [2.05, 4.69) is 11.8 Å². The van der Waals surface area contributed by atoms with Crippen LogP contribution in [0, 0.1) is 0 Å². The van der Waals surface area contributed by atoms with E-state index in [-0.39, 0.29) is 0 Å². The van der Waals surface area contributed by atoms with Crippen LogP contribution < -0.4 is 0 Å². The third-order valence-corrected chi connectivity index (χ3v) is 6.57. The molecule has 2 aliphatic rings. The fourth-order valence-corrected chi connectivity index (χ4v) is 4.56. The summed E-state index contributed by atoms with van der Waals surface area (Å²) in [7, 11) is -1.61. The van der Waals surface area contributed by atoms with Crippen molar-refractivity contribution in [2.45, 2.75) is 45.1 Å². The Morgan fingerprint density at radius 1 is 1.18 bits per heavy atom. The van der Waals surface area contributed by atoms with Crippen molar-refractivity contribution in [3.63, 3.8) is 0 Å². The molecular weight excluding hydrogens is 302 g/mol. The molecule has 7 heteroatoms. The van der Waals surface area contributed by atoms with Crippen LogP contribution in [0.15, 0.2) is 0 Å². The van der Waals surface area contributed by atoms with Gasteiger partial charge in [-0.15, -0.1) is 0 Å². The number of rotatable bonds is 7. The average Bonchev–Trinajstić information content (AvgIpc) is 2.88. The molecule has 0 aliphatic carbocycles. The first kappa shape index (κ1) is 18.1. The lowest BCUT2D eigenvalue weighted by Gasteiger charge is -2.27. The third-order valence-electron chi connectivity index (χ3n) is 4.58. The van der Waals surface area contributed by atoms with E-state index in [4.69, 9.17) is 4.74 Å². The Labute approximate surface area is 135 Å². The summed E-state index contributed by atoms with van der Waals surface area (Å²) in [6.07, 6.45) is 5.45. The van der Waals surface area contributed by atoms with E-state index < -0.39 is 10.2 Å². The van der Waals surface area contributed by atoms with Crippen molar-refractivity contribution >= 4 is 10.2 Å². The van der Waals surface area contributed by atoms with Gasteiger partial charge in [0.1, 0.15) is 0 Å². The second-order valence-electron chi connectivity index (χ2n) is 6.37. The van der Waals surface area contributed by atoms with E-state index in [1.807, 2.05) is 0 Å². The van der Waals surface area contributed by atoms with Gasteiger partial charge in [0.2, 0.25) is 0 Å². The Morgan fingerprint density at radius 2 is 2.00 bits per heavy atom. The summed E-state index contributed by atoms with van der Waals surface area (Å²) in [5.41, 5.74) is 0. The van der Waals surface area contributed by atoms with Crippen molar-refractivity contribution < 1.29 is 13.2 Å². The van der Waals surface area contributed by atoms with Gasteiger partial charge in [0.15, 0.2) is 0 Å². The summed E-state index contributed by atoms with van der Waals surface area (Å²) >= 11 is 0. The number of unbranched alkanes of at least 4 members (excludes halogenated alkanes) is 1. The Hall–Kier alpha value is -0.210. The van der Waals surface area contributed by atoms with Gasteiger partial charge in [0.25, 0.3) is 10.2 Å². The molecule has 0 unspecified atom stereocenters. The van der Waals surface area contributed by atoms with Gasteiger partial charge in [-0.1, -0.05) is 13.3 Å². The van der Waals surface area contributed by atoms with Gasteiger partial charge < -0.3 is 4.74 Å². The molecule has 0 aromatic heterocycles. The Morgan fingerprint density at radius 3 is 2.68 bits per heavy atom. The molecule has 130 valence electrons. The first-order valence-electron chi connectivity index (χ1n) is 8.59. The molecule has 22 heavy (non-hydrogen) atoms. The molecule has 0 saturated carbocycles. The smallest absolute Gasteiger partial charge is 0.281 e. The van der Waals surface area contributed by atoms with Crippen LogP contribution >= 0.6 is 0 Å². The first-order chi connectivity index (χ1) is 10.5. The summed E-state index contributed by atoms with van der Waals surface area (Å²) in [6.45, 7) is 7.49. The zero-order valence-electron chi connectivity index (χ0n) is 14.0. The molecule has 2 aliphatic heterocycles. The largest absolute Gasteiger partial charge is 0.377 e. The van der Waals surface area contributed by atoms with Gasteiger partial charge in [0, 0.05) is 46.4 Å².